The molecule has 2 unspecified atom stereocenters. The summed E-state index contributed by atoms with van der Waals surface area (Å²) in [7, 11) is 0. The molecule has 0 fully saturated rings. The molecule has 2 amide bonds. The summed E-state index contributed by atoms with van der Waals surface area (Å²) in [6.45, 7) is 3.27. The molecule has 0 aliphatic rings. The zero-order chi connectivity index (χ0) is 19.6. The summed E-state index contributed by atoms with van der Waals surface area (Å²) in [4.78, 5) is 25.1. The molecule has 0 bridgehead atoms. The SMILES string of the molecule is CSCCC(NC(=O)c1ccccc1Cl)C(=O)NCC(C)Cn1cccn1. The number of nitrogens with one attached hydrogen (secondary N) is 2. The smallest absolute Gasteiger partial charge is 0.253 e. The molecule has 0 aliphatic heterocycles. The van der Waals surface area contributed by atoms with Gasteiger partial charge in [0.2, 0.25) is 5.91 Å². The van der Waals surface area contributed by atoms with E-state index in [1.165, 1.54) is 0 Å². The van der Waals surface area contributed by atoms with Crippen molar-refractivity contribution in [2.24, 2.45) is 5.92 Å². The number of hydrogen-bond acceptors (Lipinski definition) is 4. The minimum Gasteiger partial charge on any atom is -0.354 e. The Morgan fingerprint density at radius 3 is 2.74 bits per heavy atom. The molecule has 2 atom stereocenters. The summed E-state index contributed by atoms with van der Waals surface area (Å²) in [5.41, 5.74) is 0.369. The fraction of sp³-hybridized carbons (Fsp3) is 0.421. The van der Waals surface area contributed by atoms with Crippen molar-refractivity contribution in [2.45, 2.75) is 25.9 Å². The number of carbonyl (C=O) groups excluding carboxylic acids is 2. The Kier molecular flexibility index (Phi) is 8.67. The van der Waals surface area contributed by atoms with E-state index < -0.39 is 6.04 Å². The predicted molar refractivity (Wildman–Crippen MR) is 110 cm³/mol. The van der Waals surface area contributed by atoms with Crippen LogP contribution in [0.3, 0.4) is 0 Å². The minimum atomic E-state index is -0.599. The van der Waals surface area contributed by atoms with Gasteiger partial charge in [0.05, 0.1) is 10.6 Å². The summed E-state index contributed by atoms with van der Waals surface area (Å²) in [5.74, 6) is 0.460. The van der Waals surface area contributed by atoms with Crippen molar-refractivity contribution in [3.63, 3.8) is 0 Å². The molecule has 27 heavy (non-hydrogen) atoms. The normalized spacial score (nSPS) is 13.0. The molecule has 2 aromatic rings. The van der Waals surface area contributed by atoms with E-state index in [0.717, 1.165) is 12.3 Å². The third-order valence-electron chi connectivity index (χ3n) is 4.03. The van der Waals surface area contributed by atoms with E-state index in [9.17, 15) is 9.59 Å². The van der Waals surface area contributed by atoms with Crippen molar-refractivity contribution in [3.8, 4) is 0 Å². The van der Waals surface area contributed by atoms with Crippen LogP contribution in [0.1, 0.15) is 23.7 Å². The number of nitrogens with zero attached hydrogens (tertiary/aromatic N) is 2. The van der Waals surface area contributed by atoms with E-state index in [1.807, 2.05) is 30.1 Å². The molecule has 1 aromatic carbocycles. The maximum absolute atomic E-state index is 12.6. The Hall–Kier alpha value is -1.99. The van der Waals surface area contributed by atoms with Crippen LogP contribution in [0.4, 0.5) is 0 Å². The molecule has 0 saturated heterocycles. The standard InChI is InChI=1S/C19H25ClN4O2S/c1-14(13-24-10-5-9-22-24)12-21-19(26)17(8-11-27-2)23-18(25)15-6-3-4-7-16(15)20/h3-7,9-10,14,17H,8,11-13H2,1-2H3,(H,21,26)(H,23,25). The third kappa shape index (κ3) is 6.92. The molecule has 146 valence electrons. The third-order valence-corrected chi connectivity index (χ3v) is 5.01. The van der Waals surface area contributed by atoms with Gasteiger partial charge in [0.1, 0.15) is 6.04 Å². The molecule has 6 nitrogen and oxygen atoms in total. The van der Waals surface area contributed by atoms with E-state index in [2.05, 4.69) is 15.7 Å². The highest BCUT2D eigenvalue weighted by Crippen LogP contribution is 2.15. The van der Waals surface area contributed by atoms with Gasteiger partial charge in [-0.15, -0.1) is 0 Å². The lowest BCUT2D eigenvalue weighted by Crippen LogP contribution is -2.48. The Balaban J connectivity index is 1.92. The van der Waals surface area contributed by atoms with E-state index in [4.69, 9.17) is 11.6 Å². The summed E-state index contributed by atoms with van der Waals surface area (Å²) in [5, 5.41) is 10.3. The summed E-state index contributed by atoms with van der Waals surface area (Å²) in [6.07, 6.45) is 6.14. The Morgan fingerprint density at radius 2 is 2.07 bits per heavy atom. The van der Waals surface area contributed by atoms with Gasteiger partial charge in [0.25, 0.3) is 5.91 Å². The van der Waals surface area contributed by atoms with Crippen LogP contribution < -0.4 is 10.6 Å². The molecule has 8 heteroatoms. The van der Waals surface area contributed by atoms with Gasteiger partial charge in [0.15, 0.2) is 0 Å². The zero-order valence-electron chi connectivity index (χ0n) is 15.5. The van der Waals surface area contributed by atoms with E-state index in [0.29, 0.717) is 23.6 Å². The molecule has 1 heterocycles. The maximum atomic E-state index is 12.6. The number of halogens is 1. The molecule has 0 radical (unpaired) electrons. The lowest BCUT2D eigenvalue weighted by molar-refractivity contribution is -0.123. The van der Waals surface area contributed by atoms with Gasteiger partial charge in [-0.1, -0.05) is 30.7 Å². The summed E-state index contributed by atoms with van der Waals surface area (Å²) >= 11 is 7.71. The average molecular weight is 409 g/mol. The van der Waals surface area contributed by atoms with Crippen molar-refractivity contribution in [2.75, 3.05) is 18.6 Å². The second-order valence-corrected chi connectivity index (χ2v) is 7.76. The number of hydrogen-bond donors (Lipinski definition) is 2. The first-order valence-corrected chi connectivity index (χ1v) is 10.6. The first-order valence-electron chi connectivity index (χ1n) is 8.80. The molecular weight excluding hydrogens is 384 g/mol. The highest BCUT2D eigenvalue weighted by Gasteiger charge is 2.22. The lowest BCUT2D eigenvalue weighted by Gasteiger charge is -2.20. The van der Waals surface area contributed by atoms with Crippen LogP contribution in [0.15, 0.2) is 42.7 Å². The molecule has 0 aliphatic carbocycles. The highest BCUT2D eigenvalue weighted by atomic mass is 35.5. The molecule has 0 saturated carbocycles. The lowest BCUT2D eigenvalue weighted by atomic mass is 10.1. The largest absolute Gasteiger partial charge is 0.354 e. The monoisotopic (exact) mass is 408 g/mol. The summed E-state index contributed by atoms with van der Waals surface area (Å²) < 4.78 is 1.83. The van der Waals surface area contributed by atoms with Crippen LogP contribution in [0, 0.1) is 5.92 Å². The fourth-order valence-corrected chi connectivity index (χ4v) is 3.27. The highest BCUT2D eigenvalue weighted by molar-refractivity contribution is 7.98. The first-order chi connectivity index (χ1) is 13.0. The van der Waals surface area contributed by atoms with Crippen molar-refractivity contribution in [1.82, 2.24) is 20.4 Å². The van der Waals surface area contributed by atoms with Gasteiger partial charge in [-0.2, -0.15) is 16.9 Å². The predicted octanol–water partition coefficient (Wildman–Crippen LogP) is 2.84. The van der Waals surface area contributed by atoms with Crippen molar-refractivity contribution >= 4 is 35.2 Å². The number of aromatic nitrogens is 2. The topological polar surface area (TPSA) is 76.0 Å². The Labute approximate surface area is 169 Å². The Morgan fingerprint density at radius 1 is 1.30 bits per heavy atom. The molecule has 2 rings (SSSR count). The quantitative estimate of drug-likeness (QED) is 0.633. The van der Waals surface area contributed by atoms with Crippen LogP contribution in [-0.2, 0) is 11.3 Å². The van der Waals surface area contributed by atoms with Gasteiger partial charge >= 0.3 is 0 Å². The number of thioether (sulfide) groups is 1. The second kappa shape index (κ2) is 11.0. The zero-order valence-corrected chi connectivity index (χ0v) is 17.1. The number of benzene rings is 1. The molecule has 2 N–H and O–H groups in total. The molecular formula is C19H25ClN4O2S. The van der Waals surface area contributed by atoms with Crippen LogP contribution in [0.25, 0.3) is 0 Å². The van der Waals surface area contributed by atoms with Gasteiger partial charge in [-0.25, -0.2) is 0 Å². The van der Waals surface area contributed by atoms with Gasteiger partial charge < -0.3 is 10.6 Å². The number of rotatable bonds is 10. The number of amides is 2. The van der Waals surface area contributed by atoms with E-state index in [1.54, 1.807) is 42.2 Å². The van der Waals surface area contributed by atoms with Gasteiger partial charge in [-0.05, 0) is 42.5 Å². The van der Waals surface area contributed by atoms with Crippen LogP contribution in [0.2, 0.25) is 5.02 Å². The number of carbonyl (C=O) groups is 2. The molecule has 0 spiro atoms. The van der Waals surface area contributed by atoms with E-state index in [-0.39, 0.29) is 17.7 Å². The summed E-state index contributed by atoms with van der Waals surface area (Å²) in [6, 6.07) is 8.08. The minimum absolute atomic E-state index is 0.184. The van der Waals surface area contributed by atoms with Gasteiger partial charge in [0, 0.05) is 25.5 Å². The van der Waals surface area contributed by atoms with Crippen molar-refractivity contribution < 1.29 is 9.59 Å². The van der Waals surface area contributed by atoms with Gasteiger partial charge in [-0.3, -0.25) is 14.3 Å². The van der Waals surface area contributed by atoms with Crippen LogP contribution in [0.5, 0.6) is 0 Å². The average Bonchev–Trinajstić information content (AvgIpc) is 3.16. The maximum Gasteiger partial charge on any atom is 0.253 e. The van der Waals surface area contributed by atoms with Crippen LogP contribution >= 0.6 is 23.4 Å². The van der Waals surface area contributed by atoms with E-state index >= 15 is 0 Å². The molecule has 1 aromatic heterocycles. The Bertz CT molecular complexity index is 739. The fourth-order valence-electron chi connectivity index (χ4n) is 2.58. The van der Waals surface area contributed by atoms with Crippen molar-refractivity contribution in [1.29, 1.82) is 0 Å². The second-order valence-electron chi connectivity index (χ2n) is 6.37. The van der Waals surface area contributed by atoms with Crippen molar-refractivity contribution in [3.05, 3.63) is 53.3 Å². The first kappa shape index (κ1) is 21.3. The van der Waals surface area contributed by atoms with Crippen LogP contribution in [-0.4, -0.2) is 46.2 Å².